The van der Waals surface area contributed by atoms with E-state index in [-0.39, 0.29) is 12.3 Å². The van der Waals surface area contributed by atoms with Crippen molar-refractivity contribution >= 4 is 10.0 Å². The van der Waals surface area contributed by atoms with E-state index in [1.54, 1.807) is 12.4 Å². The zero-order valence-corrected chi connectivity index (χ0v) is 12.3. The van der Waals surface area contributed by atoms with E-state index in [0.29, 0.717) is 5.69 Å². The van der Waals surface area contributed by atoms with Crippen molar-refractivity contribution in [3.05, 3.63) is 30.1 Å². The molecule has 0 spiro atoms. The van der Waals surface area contributed by atoms with Crippen molar-refractivity contribution in [2.75, 3.05) is 12.8 Å². The summed E-state index contributed by atoms with van der Waals surface area (Å²) in [5.41, 5.74) is 2.51. The van der Waals surface area contributed by atoms with E-state index in [9.17, 15) is 8.42 Å². The topological polar surface area (TPSA) is 89.8 Å². The molecule has 0 amide bonds. The molecule has 2 heterocycles. The maximum Gasteiger partial charge on any atom is 0.213 e. The first-order chi connectivity index (χ1) is 9.54. The summed E-state index contributed by atoms with van der Waals surface area (Å²) < 4.78 is 26.4. The number of hydrogen-bond acceptors (Lipinski definition) is 5. The summed E-state index contributed by atoms with van der Waals surface area (Å²) in [6, 6.07) is 3.88. The molecule has 7 nitrogen and oxygen atoms in total. The van der Waals surface area contributed by atoms with Gasteiger partial charge in [-0.3, -0.25) is 9.67 Å². The summed E-state index contributed by atoms with van der Waals surface area (Å²) in [6.07, 6.45) is 4.43. The minimum Gasteiger partial charge on any atom is -0.254 e. The van der Waals surface area contributed by atoms with Crippen molar-refractivity contribution in [1.29, 1.82) is 0 Å². The number of aryl methyl sites for hydroxylation is 2. The third-order valence-corrected chi connectivity index (χ3v) is 4.28. The molecule has 108 valence electrons. The molecule has 0 aliphatic heterocycles. The second kappa shape index (κ2) is 6.10. The molecule has 0 aliphatic rings. The van der Waals surface area contributed by atoms with Gasteiger partial charge in [0.2, 0.25) is 10.0 Å². The molecule has 20 heavy (non-hydrogen) atoms. The number of nitrogens with one attached hydrogen (secondary N) is 1. The first-order valence-electron chi connectivity index (χ1n) is 6.30. The predicted molar refractivity (Wildman–Crippen MR) is 75.5 cm³/mol. The van der Waals surface area contributed by atoms with Crippen molar-refractivity contribution in [3.8, 4) is 11.4 Å². The van der Waals surface area contributed by atoms with Gasteiger partial charge in [0.25, 0.3) is 0 Å². The van der Waals surface area contributed by atoms with Gasteiger partial charge in [-0.05, 0) is 25.1 Å². The Morgan fingerprint density at radius 3 is 2.70 bits per heavy atom. The summed E-state index contributed by atoms with van der Waals surface area (Å²) in [6.45, 7) is 2.32. The Bertz CT molecular complexity index is 663. The van der Waals surface area contributed by atoms with Crippen molar-refractivity contribution in [1.82, 2.24) is 24.7 Å². The van der Waals surface area contributed by atoms with Gasteiger partial charge < -0.3 is 0 Å². The normalized spacial score (nSPS) is 11.7. The summed E-state index contributed by atoms with van der Waals surface area (Å²) in [7, 11) is -1.85. The Kier molecular flexibility index (Phi) is 4.46. The largest absolute Gasteiger partial charge is 0.254 e. The van der Waals surface area contributed by atoms with Crippen LogP contribution < -0.4 is 4.72 Å². The minimum atomic E-state index is -3.24. The van der Waals surface area contributed by atoms with Crippen LogP contribution in [0.5, 0.6) is 0 Å². The highest BCUT2D eigenvalue weighted by Gasteiger charge is 2.09. The Labute approximate surface area is 118 Å². The van der Waals surface area contributed by atoms with E-state index in [2.05, 4.69) is 26.9 Å². The predicted octanol–water partition coefficient (Wildman–Crippen LogP) is 0.452. The van der Waals surface area contributed by atoms with Crippen LogP contribution in [0.1, 0.15) is 12.5 Å². The molecule has 0 aliphatic carbocycles. The number of rotatable bonds is 6. The third-order valence-electron chi connectivity index (χ3n) is 2.93. The van der Waals surface area contributed by atoms with Crippen molar-refractivity contribution in [3.63, 3.8) is 0 Å². The van der Waals surface area contributed by atoms with Gasteiger partial charge in [-0.25, -0.2) is 13.1 Å². The van der Waals surface area contributed by atoms with E-state index < -0.39 is 10.0 Å². The van der Waals surface area contributed by atoms with Crippen LogP contribution in [0.3, 0.4) is 0 Å². The van der Waals surface area contributed by atoms with Gasteiger partial charge in [0.15, 0.2) is 0 Å². The number of hydrogen-bond donors (Lipinski definition) is 1. The van der Waals surface area contributed by atoms with Crippen molar-refractivity contribution in [2.24, 2.45) is 0 Å². The Morgan fingerprint density at radius 2 is 2.10 bits per heavy atom. The average molecular weight is 295 g/mol. The summed E-state index contributed by atoms with van der Waals surface area (Å²) in [5, 5.41) is 7.91. The van der Waals surface area contributed by atoms with E-state index in [1.807, 2.05) is 12.1 Å². The molecular formula is C12H17N5O2S. The van der Waals surface area contributed by atoms with Gasteiger partial charge >= 0.3 is 0 Å². The van der Waals surface area contributed by atoms with E-state index in [1.165, 1.54) is 11.7 Å². The van der Waals surface area contributed by atoms with Crippen LogP contribution in [0.2, 0.25) is 0 Å². The van der Waals surface area contributed by atoms with Gasteiger partial charge in [0.1, 0.15) is 5.69 Å². The molecule has 2 aromatic heterocycles. The number of aromatic nitrogens is 4. The lowest BCUT2D eigenvalue weighted by Gasteiger charge is -2.01. The van der Waals surface area contributed by atoms with Crippen LogP contribution >= 0.6 is 0 Å². The highest BCUT2D eigenvalue weighted by Crippen LogP contribution is 2.13. The van der Waals surface area contributed by atoms with Gasteiger partial charge in [0.05, 0.1) is 24.2 Å². The van der Waals surface area contributed by atoms with Crippen LogP contribution in [0, 0.1) is 0 Å². The Hall–Kier alpha value is -1.80. The average Bonchev–Trinajstić information content (AvgIpc) is 2.94. The molecule has 0 atom stereocenters. The fourth-order valence-electron chi connectivity index (χ4n) is 1.63. The third kappa shape index (κ3) is 3.61. The molecule has 8 heteroatoms. The van der Waals surface area contributed by atoms with Crippen LogP contribution in [-0.4, -0.2) is 41.2 Å². The molecule has 0 unspecified atom stereocenters. The molecule has 0 saturated carbocycles. The molecule has 1 N–H and O–H groups in total. The number of nitrogens with zero attached hydrogens (tertiary/aromatic N) is 4. The van der Waals surface area contributed by atoms with Crippen LogP contribution in [0.4, 0.5) is 0 Å². The molecule has 0 saturated heterocycles. The van der Waals surface area contributed by atoms with E-state index in [0.717, 1.165) is 17.7 Å². The lowest BCUT2D eigenvalue weighted by Crippen LogP contribution is -2.24. The number of pyridine rings is 1. The molecule has 0 radical (unpaired) electrons. The Morgan fingerprint density at radius 1 is 1.30 bits per heavy atom. The SMILES string of the molecule is CCc1ccc(-c2cn(CCS(=O)(=O)NC)nn2)nc1. The molecule has 0 aromatic carbocycles. The van der Waals surface area contributed by atoms with Gasteiger partial charge in [-0.15, -0.1) is 5.10 Å². The van der Waals surface area contributed by atoms with Gasteiger partial charge in [-0.2, -0.15) is 0 Å². The fraction of sp³-hybridized carbons (Fsp3) is 0.417. The summed E-state index contributed by atoms with van der Waals surface area (Å²) in [4.78, 5) is 4.31. The van der Waals surface area contributed by atoms with Crippen LogP contribution in [0.25, 0.3) is 11.4 Å². The number of sulfonamides is 1. The van der Waals surface area contributed by atoms with Crippen molar-refractivity contribution in [2.45, 2.75) is 19.9 Å². The first kappa shape index (κ1) is 14.6. The van der Waals surface area contributed by atoms with Crippen LogP contribution in [-0.2, 0) is 23.0 Å². The summed E-state index contributed by atoms with van der Waals surface area (Å²) >= 11 is 0. The minimum absolute atomic E-state index is 0.0332. The molecular weight excluding hydrogens is 278 g/mol. The summed E-state index contributed by atoms with van der Waals surface area (Å²) in [5.74, 6) is -0.0332. The highest BCUT2D eigenvalue weighted by molar-refractivity contribution is 7.89. The van der Waals surface area contributed by atoms with E-state index in [4.69, 9.17) is 0 Å². The van der Waals surface area contributed by atoms with Gasteiger partial charge in [0, 0.05) is 6.20 Å². The first-order valence-corrected chi connectivity index (χ1v) is 7.96. The lowest BCUT2D eigenvalue weighted by molar-refractivity contribution is 0.568. The molecule has 2 rings (SSSR count). The Balaban J connectivity index is 2.08. The quantitative estimate of drug-likeness (QED) is 0.835. The second-order valence-corrected chi connectivity index (χ2v) is 6.34. The lowest BCUT2D eigenvalue weighted by atomic mass is 10.2. The maximum absolute atomic E-state index is 11.3. The monoisotopic (exact) mass is 295 g/mol. The standard InChI is InChI=1S/C12H17N5O2S/c1-3-10-4-5-11(14-8-10)12-9-17(16-15-12)6-7-20(18,19)13-2/h4-5,8-9,13H,3,6-7H2,1-2H3. The molecule has 0 bridgehead atoms. The van der Waals surface area contributed by atoms with Gasteiger partial charge in [-0.1, -0.05) is 18.2 Å². The zero-order chi connectivity index (χ0) is 14.6. The fourth-order valence-corrected chi connectivity index (χ4v) is 2.26. The molecule has 0 fully saturated rings. The molecule has 2 aromatic rings. The van der Waals surface area contributed by atoms with Crippen LogP contribution in [0.15, 0.2) is 24.5 Å². The highest BCUT2D eigenvalue weighted by atomic mass is 32.2. The maximum atomic E-state index is 11.3. The zero-order valence-electron chi connectivity index (χ0n) is 11.4. The van der Waals surface area contributed by atoms with Crippen molar-refractivity contribution < 1.29 is 8.42 Å². The van der Waals surface area contributed by atoms with E-state index >= 15 is 0 Å². The second-order valence-electron chi connectivity index (χ2n) is 4.30. The smallest absolute Gasteiger partial charge is 0.213 e.